The highest BCUT2D eigenvalue weighted by Gasteiger charge is 1.89. The molecule has 0 aromatic rings. The van der Waals surface area contributed by atoms with Crippen LogP contribution >= 0.6 is 31.9 Å². The van der Waals surface area contributed by atoms with E-state index in [1.165, 1.54) is 26.1 Å². The van der Waals surface area contributed by atoms with E-state index in [4.69, 9.17) is 0 Å². The predicted molar refractivity (Wildman–Crippen MR) is 65.7 cm³/mol. The number of alkyl halides is 2. The fourth-order valence-corrected chi connectivity index (χ4v) is 2.03. The van der Waals surface area contributed by atoms with Crippen LogP contribution in [0.5, 0.6) is 0 Å². The van der Waals surface area contributed by atoms with E-state index >= 15 is 0 Å². The number of halogens is 2. The molecule has 1 nitrogen and oxygen atoms in total. The Bertz CT molecular complexity index is 58.0. The zero-order valence-electron chi connectivity index (χ0n) is 8.45. The third-order valence-corrected chi connectivity index (χ3v) is 2.73. The van der Waals surface area contributed by atoms with Gasteiger partial charge >= 0.3 is 0 Å². The zero-order chi connectivity index (χ0) is 9.82. The lowest BCUT2D eigenvalue weighted by atomic mass is 10.5. The summed E-state index contributed by atoms with van der Waals surface area (Å²) in [6, 6.07) is 0. The van der Waals surface area contributed by atoms with E-state index in [2.05, 4.69) is 57.5 Å². The van der Waals surface area contributed by atoms with Crippen LogP contribution < -0.4 is 0 Å². The summed E-state index contributed by atoms with van der Waals surface area (Å²) < 4.78 is 0. The average molecular weight is 303 g/mol. The second-order valence-corrected chi connectivity index (χ2v) is 3.94. The maximum atomic E-state index is 3.28. The minimum absolute atomic E-state index is 1.11. The fraction of sp³-hybridized carbons (Fsp3) is 1.00. The van der Waals surface area contributed by atoms with Crippen molar-refractivity contribution in [2.75, 3.05) is 30.3 Å². The molecule has 0 saturated carbocycles. The SMILES string of the molecule is BrCCCBr.CCN(CC)CC. The van der Waals surface area contributed by atoms with Crippen molar-refractivity contribution in [3.63, 3.8) is 0 Å². The molecule has 0 aliphatic carbocycles. The van der Waals surface area contributed by atoms with Crippen LogP contribution in [0.4, 0.5) is 0 Å². The first-order valence-corrected chi connectivity index (χ1v) is 6.85. The molecule has 0 aliphatic heterocycles. The van der Waals surface area contributed by atoms with Gasteiger partial charge < -0.3 is 4.90 Å². The smallest absolute Gasteiger partial charge is 0.00392 e. The molecule has 0 N–H and O–H groups in total. The van der Waals surface area contributed by atoms with Crippen LogP contribution in [0.15, 0.2) is 0 Å². The van der Waals surface area contributed by atoms with Crippen LogP contribution in [0.1, 0.15) is 27.2 Å². The summed E-state index contributed by atoms with van der Waals surface area (Å²) in [4.78, 5) is 2.38. The van der Waals surface area contributed by atoms with Gasteiger partial charge in [-0.1, -0.05) is 52.6 Å². The fourth-order valence-electron chi connectivity index (χ4n) is 0.721. The number of hydrogen-bond acceptors (Lipinski definition) is 1. The van der Waals surface area contributed by atoms with Gasteiger partial charge in [-0.3, -0.25) is 0 Å². The standard InChI is InChI=1S/C6H15N.C3H6Br2/c1-4-7(5-2)6-3;4-2-1-3-5/h4-6H2,1-3H3;1-3H2. The summed E-state index contributed by atoms with van der Waals surface area (Å²) >= 11 is 6.56. The summed E-state index contributed by atoms with van der Waals surface area (Å²) in [6.07, 6.45) is 1.22. The van der Waals surface area contributed by atoms with Crippen LogP contribution in [0.2, 0.25) is 0 Å². The van der Waals surface area contributed by atoms with Crippen molar-refractivity contribution < 1.29 is 0 Å². The summed E-state index contributed by atoms with van der Waals surface area (Å²) in [5.74, 6) is 0. The Morgan fingerprint density at radius 3 is 1.17 bits per heavy atom. The van der Waals surface area contributed by atoms with Gasteiger partial charge in [-0.25, -0.2) is 0 Å². The molecular weight excluding hydrogens is 282 g/mol. The molecule has 0 unspecified atom stereocenters. The summed E-state index contributed by atoms with van der Waals surface area (Å²) in [7, 11) is 0. The Balaban J connectivity index is 0. The monoisotopic (exact) mass is 301 g/mol. The van der Waals surface area contributed by atoms with Crippen molar-refractivity contribution >= 4 is 31.9 Å². The van der Waals surface area contributed by atoms with Gasteiger partial charge in [0.2, 0.25) is 0 Å². The topological polar surface area (TPSA) is 3.24 Å². The quantitative estimate of drug-likeness (QED) is 0.703. The van der Waals surface area contributed by atoms with Crippen molar-refractivity contribution in [3.8, 4) is 0 Å². The van der Waals surface area contributed by atoms with Crippen molar-refractivity contribution in [2.45, 2.75) is 27.2 Å². The van der Waals surface area contributed by atoms with Gasteiger partial charge in [0.05, 0.1) is 0 Å². The number of hydrogen-bond donors (Lipinski definition) is 0. The summed E-state index contributed by atoms with van der Waals surface area (Å²) in [6.45, 7) is 10.1. The number of rotatable bonds is 5. The van der Waals surface area contributed by atoms with Gasteiger partial charge in [0.15, 0.2) is 0 Å². The lowest BCUT2D eigenvalue weighted by Gasteiger charge is -2.13. The van der Waals surface area contributed by atoms with Crippen molar-refractivity contribution in [2.24, 2.45) is 0 Å². The highest BCUT2D eigenvalue weighted by atomic mass is 79.9. The average Bonchev–Trinajstić information content (AvgIpc) is 2.10. The molecule has 0 aliphatic rings. The van der Waals surface area contributed by atoms with Crippen LogP contribution in [-0.4, -0.2) is 35.2 Å². The normalized spacial score (nSPS) is 9.50. The summed E-state index contributed by atoms with van der Waals surface area (Å²) in [5.41, 5.74) is 0. The second kappa shape index (κ2) is 14.4. The molecule has 0 spiro atoms. The summed E-state index contributed by atoms with van der Waals surface area (Å²) in [5, 5.41) is 2.22. The van der Waals surface area contributed by atoms with Gasteiger partial charge in [-0.05, 0) is 26.1 Å². The molecule has 0 aromatic carbocycles. The Morgan fingerprint density at radius 2 is 1.17 bits per heavy atom. The molecule has 0 amide bonds. The minimum Gasteiger partial charge on any atom is -0.304 e. The minimum atomic E-state index is 1.11. The first-order valence-electron chi connectivity index (χ1n) is 4.60. The van der Waals surface area contributed by atoms with E-state index in [0.717, 1.165) is 10.7 Å². The van der Waals surface area contributed by atoms with Crippen molar-refractivity contribution in [1.82, 2.24) is 4.90 Å². The molecule has 0 bridgehead atoms. The maximum Gasteiger partial charge on any atom is 0.00392 e. The molecule has 0 saturated heterocycles. The lowest BCUT2D eigenvalue weighted by Crippen LogP contribution is -2.21. The van der Waals surface area contributed by atoms with Gasteiger partial charge in [0.25, 0.3) is 0 Å². The first kappa shape index (κ1) is 15.4. The number of nitrogens with zero attached hydrogens (tertiary/aromatic N) is 1. The molecule has 0 fully saturated rings. The van der Waals surface area contributed by atoms with E-state index in [1.54, 1.807) is 0 Å². The van der Waals surface area contributed by atoms with Gasteiger partial charge in [0, 0.05) is 10.7 Å². The van der Waals surface area contributed by atoms with E-state index in [1.807, 2.05) is 0 Å². The third kappa shape index (κ3) is 13.5. The molecule has 76 valence electrons. The molecule has 0 radical (unpaired) electrons. The molecule has 3 heteroatoms. The van der Waals surface area contributed by atoms with E-state index in [-0.39, 0.29) is 0 Å². The van der Waals surface area contributed by atoms with Crippen LogP contribution in [0.3, 0.4) is 0 Å². The molecule has 0 rings (SSSR count). The molecular formula is C9H21Br2N. The molecule has 12 heavy (non-hydrogen) atoms. The van der Waals surface area contributed by atoms with Crippen LogP contribution in [-0.2, 0) is 0 Å². The highest BCUT2D eigenvalue weighted by Crippen LogP contribution is 1.90. The first-order chi connectivity index (χ1) is 5.76. The van der Waals surface area contributed by atoms with Crippen molar-refractivity contribution in [3.05, 3.63) is 0 Å². The van der Waals surface area contributed by atoms with Crippen molar-refractivity contribution in [1.29, 1.82) is 0 Å². The lowest BCUT2D eigenvalue weighted by molar-refractivity contribution is 0.321. The van der Waals surface area contributed by atoms with Crippen LogP contribution in [0.25, 0.3) is 0 Å². The largest absolute Gasteiger partial charge is 0.304 e. The zero-order valence-corrected chi connectivity index (χ0v) is 11.6. The van der Waals surface area contributed by atoms with E-state index in [0.29, 0.717) is 0 Å². The Kier molecular flexibility index (Phi) is 18.5. The Morgan fingerprint density at radius 1 is 0.833 bits per heavy atom. The van der Waals surface area contributed by atoms with Gasteiger partial charge in [0.1, 0.15) is 0 Å². The van der Waals surface area contributed by atoms with Gasteiger partial charge in [-0.15, -0.1) is 0 Å². The molecule has 0 heterocycles. The maximum absolute atomic E-state index is 3.28. The van der Waals surface area contributed by atoms with Crippen LogP contribution in [0, 0.1) is 0 Å². The molecule has 0 atom stereocenters. The second-order valence-electron chi connectivity index (χ2n) is 2.35. The Labute approximate surface area is 94.2 Å². The van der Waals surface area contributed by atoms with E-state index < -0.39 is 0 Å². The van der Waals surface area contributed by atoms with E-state index in [9.17, 15) is 0 Å². The highest BCUT2D eigenvalue weighted by molar-refractivity contribution is 9.09. The third-order valence-electron chi connectivity index (χ3n) is 1.61. The van der Waals surface area contributed by atoms with Gasteiger partial charge in [-0.2, -0.15) is 0 Å². The Hall–Kier alpha value is 0.920. The predicted octanol–water partition coefficient (Wildman–Crippen LogP) is 3.51. The molecule has 0 aromatic heterocycles.